The summed E-state index contributed by atoms with van der Waals surface area (Å²) in [4.78, 5) is 25.8. The quantitative estimate of drug-likeness (QED) is 0.567. The van der Waals surface area contributed by atoms with Crippen molar-refractivity contribution >= 4 is 12.4 Å². The van der Waals surface area contributed by atoms with Gasteiger partial charge in [-0.25, -0.2) is 4.68 Å². The smallest absolute Gasteiger partial charge is 0.290 e. The number of hydrogen-bond acceptors (Lipinski definition) is 4. The van der Waals surface area contributed by atoms with Gasteiger partial charge in [-0.1, -0.05) is 12.1 Å². The monoisotopic (exact) mass is 404 g/mol. The molecule has 3 rings (SSSR count). The van der Waals surface area contributed by atoms with Gasteiger partial charge in [-0.3, -0.25) is 14.0 Å². The van der Waals surface area contributed by atoms with Crippen LogP contribution in [0.2, 0.25) is 0 Å². The lowest BCUT2D eigenvalue weighted by Crippen LogP contribution is -2.36. The Bertz CT molecular complexity index is 739. The molecular formula is C21H29FN4O3. The molecule has 0 unspecified atom stereocenters. The molecule has 0 bridgehead atoms. The predicted molar refractivity (Wildman–Crippen MR) is 109 cm³/mol. The molecule has 0 atom stereocenters. The van der Waals surface area contributed by atoms with Crippen molar-refractivity contribution in [2.24, 2.45) is 0 Å². The fourth-order valence-corrected chi connectivity index (χ4v) is 3.44. The standard InChI is InChI=1S/C20H27FN4O.CH2O2/c21-10-4-1-5-12-23-13-7-14-24(17-16-23)20(26)18-8-2-3-9-19(18)25-15-6-11-22-25;2-1-3/h2-3,6,8-9,11,15H,1,4-5,7,10,12-14,16-17H2;1H,(H,2,3). The van der Waals surface area contributed by atoms with Crippen molar-refractivity contribution in [3.63, 3.8) is 0 Å². The maximum absolute atomic E-state index is 13.1. The van der Waals surface area contributed by atoms with E-state index < -0.39 is 0 Å². The van der Waals surface area contributed by atoms with Gasteiger partial charge in [-0.05, 0) is 57.0 Å². The van der Waals surface area contributed by atoms with Crippen LogP contribution in [0, 0.1) is 0 Å². The molecule has 29 heavy (non-hydrogen) atoms. The molecule has 1 aromatic carbocycles. The largest absolute Gasteiger partial charge is 0.483 e. The first kappa shape index (κ1) is 22.5. The molecule has 1 saturated heterocycles. The van der Waals surface area contributed by atoms with Crippen LogP contribution in [0.4, 0.5) is 4.39 Å². The van der Waals surface area contributed by atoms with E-state index in [9.17, 15) is 9.18 Å². The van der Waals surface area contributed by atoms with E-state index >= 15 is 0 Å². The Kier molecular flexibility index (Phi) is 9.85. The molecule has 1 aliphatic rings. The molecule has 1 N–H and O–H groups in total. The molecule has 158 valence electrons. The van der Waals surface area contributed by atoms with E-state index in [1.54, 1.807) is 10.9 Å². The molecule has 0 aliphatic carbocycles. The molecule has 8 heteroatoms. The van der Waals surface area contributed by atoms with Gasteiger partial charge < -0.3 is 14.9 Å². The van der Waals surface area contributed by atoms with Crippen LogP contribution in [0.5, 0.6) is 0 Å². The fourth-order valence-electron chi connectivity index (χ4n) is 3.44. The van der Waals surface area contributed by atoms with Gasteiger partial charge in [0.15, 0.2) is 0 Å². The predicted octanol–water partition coefficient (Wildman–Crippen LogP) is 2.86. The number of halogens is 1. The van der Waals surface area contributed by atoms with Crippen LogP contribution in [0.1, 0.15) is 36.0 Å². The van der Waals surface area contributed by atoms with Crippen LogP contribution in [-0.4, -0.2) is 76.5 Å². The molecule has 0 saturated carbocycles. The summed E-state index contributed by atoms with van der Waals surface area (Å²) in [6.45, 7) is 3.90. The fraction of sp³-hybridized carbons (Fsp3) is 0.476. The molecule has 1 fully saturated rings. The minimum atomic E-state index is -0.250. The normalized spacial score (nSPS) is 14.6. The van der Waals surface area contributed by atoms with E-state index in [2.05, 4.69) is 10.00 Å². The number of amides is 1. The number of nitrogens with zero attached hydrogens (tertiary/aromatic N) is 4. The third kappa shape index (κ3) is 6.98. The number of para-hydroxylation sites is 1. The third-order valence-electron chi connectivity index (χ3n) is 4.87. The Hall–Kier alpha value is -2.74. The van der Waals surface area contributed by atoms with Crippen LogP contribution < -0.4 is 0 Å². The third-order valence-corrected chi connectivity index (χ3v) is 4.87. The highest BCUT2D eigenvalue weighted by atomic mass is 19.1. The van der Waals surface area contributed by atoms with Crippen LogP contribution in [-0.2, 0) is 4.79 Å². The van der Waals surface area contributed by atoms with Gasteiger partial charge in [0.2, 0.25) is 0 Å². The Morgan fingerprint density at radius 2 is 1.90 bits per heavy atom. The maximum atomic E-state index is 13.1. The minimum Gasteiger partial charge on any atom is -0.483 e. The molecule has 2 heterocycles. The van der Waals surface area contributed by atoms with E-state index in [1.807, 2.05) is 41.4 Å². The first-order valence-corrected chi connectivity index (χ1v) is 9.95. The molecular weight excluding hydrogens is 375 g/mol. The Morgan fingerprint density at radius 1 is 1.10 bits per heavy atom. The SMILES string of the molecule is O=C(c1ccccc1-n1cccn1)N1CCCN(CCCCCF)CC1.O=CO. The van der Waals surface area contributed by atoms with Gasteiger partial charge in [-0.15, -0.1) is 0 Å². The molecule has 1 aromatic heterocycles. The van der Waals surface area contributed by atoms with Crippen LogP contribution in [0.15, 0.2) is 42.7 Å². The Balaban J connectivity index is 0.000000941. The van der Waals surface area contributed by atoms with Gasteiger partial charge in [0.1, 0.15) is 0 Å². The number of rotatable bonds is 7. The molecule has 1 amide bonds. The van der Waals surface area contributed by atoms with Gasteiger partial charge in [0.05, 0.1) is 17.9 Å². The highest BCUT2D eigenvalue weighted by Gasteiger charge is 2.22. The van der Waals surface area contributed by atoms with Crippen molar-refractivity contribution in [2.45, 2.75) is 25.7 Å². The second kappa shape index (κ2) is 12.7. The zero-order valence-corrected chi connectivity index (χ0v) is 16.6. The summed E-state index contributed by atoms with van der Waals surface area (Å²) >= 11 is 0. The molecule has 0 radical (unpaired) electrons. The van der Waals surface area contributed by atoms with Crippen LogP contribution in [0.3, 0.4) is 0 Å². The second-order valence-electron chi connectivity index (χ2n) is 6.81. The number of benzene rings is 1. The average molecular weight is 404 g/mol. The summed E-state index contributed by atoms with van der Waals surface area (Å²) < 4.78 is 13.9. The number of hydrogen-bond donors (Lipinski definition) is 1. The molecule has 7 nitrogen and oxygen atoms in total. The summed E-state index contributed by atoms with van der Waals surface area (Å²) in [6.07, 6.45) is 7.16. The van der Waals surface area contributed by atoms with E-state index in [-0.39, 0.29) is 19.1 Å². The number of alkyl halides is 1. The number of carboxylic acid groups (broad SMARTS) is 1. The summed E-state index contributed by atoms with van der Waals surface area (Å²) in [6, 6.07) is 9.48. The van der Waals surface area contributed by atoms with Crippen molar-refractivity contribution in [1.29, 1.82) is 0 Å². The zero-order chi connectivity index (χ0) is 20.9. The number of carbonyl (C=O) groups is 2. The first-order valence-electron chi connectivity index (χ1n) is 9.95. The highest BCUT2D eigenvalue weighted by Crippen LogP contribution is 2.17. The van der Waals surface area contributed by atoms with E-state index in [4.69, 9.17) is 9.90 Å². The summed E-state index contributed by atoms with van der Waals surface area (Å²) in [5.41, 5.74) is 1.50. The lowest BCUT2D eigenvalue weighted by molar-refractivity contribution is -0.122. The number of unbranched alkanes of at least 4 members (excludes halogenated alkanes) is 2. The molecule has 2 aromatic rings. The maximum Gasteiger partial charge on any atom is 0.290 e. The van der Waals surface area contributed by atoms with Crippen LogP contribution in [0.25, 0.3) is 5.69 Å². The lowest BCUT2D eigenvalue weighted by Gasteiger charge is -2.23. The second-order valence-corrected chi connectivity index (χ2v) is 6.81. The van der Waals surface area contributed by atoms with E-state index in [0.29, 0.717) is 12.0 Å². The Labute approximate surface area is 170 Å². The van der Waals surface area contributed by atoms with Gasteiger partial charge in [0.25, 0.3) is 12.4 Å². The first-order chi connectivity index (χ1) is 14.2. The lowest BCUT2D eigenvalue weighted by atomic mass is 10.1. The Morgan fingerprint density at radius 3 is 2.62 bits per heavy atom. The van der Waals surface area contributed by atoms with Crippen molar-refractivity contribution in [1.82, 2.24) is 19.6 Å². The zero-order valence-electron chi connectivity index (χ0n) is 16.6. The van der Waals surface area contributed by atoms with Crippen molar-refractivity contribution in [2.75, 3.05) is 39.4 Å². The van der Waals surface area contributed by atoms with Gasteiger partial charge in [0, 0.05) is 32.0 Å². The number of carbonyl (C=O) groups excluding carboxylic acids is 1. The van der Waals surface area contributed by atoms with Gasteiger partial charge in [-0.2, -0.15) is 5.10 Å². The molecule has 1 aliphatic heterocycles. The van der Waals surface area contributed by atoms with Crippen molar-refractivity contribution in [3.8, 4) is 5.69 Å². The number of aromatic nitrogens is 2. The van der Waals surface area contributed by atoms with Crippen LogP contribution >= 0.6 is 0 Å². The minimum absolute atomic E-state index is 0.0652. The summed E-state index contributed by atoms with van der Waals surface area (Å²) in [7, 11) is 0. The molecule has 0 spiro atoms. The van der Waals surface area contributed by atoms with Crippen molar-refractivity contribution in [3.05, 3.63) is 48.3 Å². The summed E-state index contributed by atoms with van der Waals surface area (Å²) in [5, 5.41) is 11.2. The van der Waals surface area contributed by atoms with E-state index in [1.165, 1.54) is 0 Å². The summed E-state index contributed by atoms with van der Waals surface area (Å²) in [5.74, 6) is 0.0652. The highest BCUT2D eigenvalue weighted by molar-refractivity contribution is 5.97. The van der Waals surface area contributed by atoms with E-state index in [0.717, 1.165) is 57.7 Å². The van der Waals surface area contributed by atoms with Crippen molar-refractivity contribution < 1.29 is 19.1 Å². The average Bonchev–Trinajstić information content (AvgIpc) is 3.17. The van der Waals surface area contributed by atoms with Gasteiger partial charge >= 0.3 is 0 Å². The topological polar surface area (TPSA) is 78.7 Å².